The fourth-order valence-electron chi connectivity index (χ4n) is 0.553. The van der Waals surface area contributed by atoms with Gasteiger partial charge in [-0.2, -0.15) is 0 Å². The predicted octanol–water partition coefficient (Wildman–Crippen LogP) is 1.62. The summed E-state index contributed by atoms with van der Waals surface area (Å²) >= 11 is 0. The van der Waals surface area contributed by atoms with Crippen LogP contribution in [0, 0.1) is 5.92 Å². The third-order valence-electron chi connectivity index (χ3n) is 0.893. The molecular formula is C8H19N2Re-. The quantitative estimate of drug-likeness (QED) is 0.718. The number of nitrogens with zero attached hydrogens (tertiary/aromatic N) is 1. The number of nitrogens with one attached hydrogen (secondary N) is 1. The van der Waals surface area contributed by atoms with Gasteiger partial charge < -0.3 is 10.6 Å². The Labute approximate surface area is 84.2 Å². The summed E-state index contributed by atoms with van der Waals surface area (Å²) in [6, 6.07) is 0. The van der Waals surface area contributed by atoms with Crippen LogP contribution in [0.2, 0.25) is 0 Å². The summed E-state index contributed by atoms with van der Waals surface area (Å²) in [5, 5.41) is 7.31. The van der Waals surface area contributed by atoms with E-state index in [0.717, 1.165) is 32.1 Å². The van der Waals surface area contributed by atoms with Gasteiger partial charge in [0.1, 0.15) is 0 Å². The van der Waals surface area contributed by atoms with Crippen molar-refractivity contribution in [3.8, 4) is 0 Å². The molecule has 69 valence electrons. The largest absolute Gasteiger partial charge is 0.660 e. The van der Waals surface area contributed by atoms with E-state index in [1.165, 1.54) is 0 Å². The first-order valence-electron chi connectivity index (χ1n) is 4.07. The van der Waals surface area contributed by atoms with Gasteiger partial charge in [0.25, 0.3) is 0 Å². The van der Waals surface area contributed by atoms with Crippen molar-refractivity contribution in [1.29, 1.82) is 0 Å². The summed E-state index contributed by atoms with van der Waals surface area (Å²) in [6.45, 7) is 10.7. The fourth-order valence-corrected chi connectivity index (χ4v) is 0.553. The summed E-state index contributed by atoms with van der Waals surface area (Å²) in [4.78, 5) is 0. The molecule has 0 atom stereocenters. The van der Waals surface area contributed by atoms with Gasteiger partial charge >= 0.3 is 0 Å². The minimum absolute atomic E-state index is 0. The molecule has 0 aromatic rings. The zero-order valence-electron chi connectivity index (χ0n) is 7.73. The smallest absolute Gasteiger partial charge is 0 e. The molecule has 1 radical (unpaired) electrons. The first kappa shape index (κ1) is 14.1. The van der Waals surface area contributed by atoms with Crippen LogP contribution < -0.4 is 5.32 Å². The monoisotopic (exact) mass is 330 g/mol. The normalized spacial score (nSPS) is 16.4. The van der Waals surface area contributed by atoms with Gasteiger partial charge in [0.2, 0.25) is 0 Å². The maximum absolute atomic E-state index is 4.11. The second kappa shape index (κ2) is 10.6. The maximum atomic E-state index is 4.11. The Morgan fingerprint density at radius 1 is 1.09 bits per heavy atom. The summed E-state index contributed by atoms with van der Waals surface area (Å²) in [6.07, 6.45) is 0. The van der Waals surface area contributed by atoms with Gasteiger partial charge in [0, 0.05) is 20.4 Å². The molecular weight excluding hydrogens is 310 g/mol. The Kier molecular flexibility index (Phi) is 13.6. The van der Waals surface area contributed by atoms with E-state index in [1.807, 2.05) is 0 Å². The molecule has 0 aromatic carbocycles. The average molecular weight is 329 g/mol. The van der Waals surface area contributed by atoms with Crippen LogP contribution in [0.15, 0.2) is 0 Å². The van der Waals surface area contributed by atoms with E-state index < -0.39 is 0 Å². The molecule has 11 heavy (non-hydrogen) atoms. The average Bonchev–Trinajstić information content (AvgIpc) is 1.90. The van der Waals surface area contributed by atoms with E-state index in [2.05, 4.69) is 31.4 Å². The maximum Gasteiger partial charge on any atom is 0 e. The van der Waals surface area contributed by atoms with Crippen molar-refractivity contribution in [2.24, 2.45) is 5.92 Å². The molecule has 0 aliphatic carbocycles. The van der Waals surface area contributed by atoms with Crippen molar-refractivity contribution in [3.05, 3.63) is 5.32 Å². The van der Waals surface area contributed by atoms with Crippen molar-refractivity contribution in [3.63, 3.8) is 0 Å². The molecule has 1 N–H and O–H groups in total. The molecule has 2 nitrogen and oxygen atoms in total. The van der Waals surface area contributed by atoms with Crippen molar-refractivity contribution in [2.75, 3.05) is 26.2 Å². The molecule has 0 bridgehead atoms. The Balaban J connectivity index is 0. The van der Waals surface area contributed by atoms with Gasteiger partial charge in [-0.15, -0.1) is 13.1 Å². The Morgan fingerprint density at radius 3 is 1.55 bits per heavy atom. The van der Waals surface area contributed by atoms with Crippen LogP contribution in [0.3, 0.4) is 0 Å². The number of hydrogen-bond donors (Lipinski definition) is 1. The first-order valence-corrected chi connectivity index (χ1v) is 4.07. The van der Waals surface area contributed by atoms with Crippen LogP contribution in [0.25, 0.3) is 5.32 Å². The van der Waals surface area contributed by atoms with Crippen molar-refractivity contribution >= 4 is 0 Å². The van der Waals surface area contributed by atoms with Gasteiger partial charge in [0.05, 0.1) is 0 Å². The van der Waals surface area contributed by atoms with Gasteiger partial charge in [-0.1, -0.05) is 20.8 Å². The molecule has 1 heterocycles. The SMILES string of the molecule is C1CNCC[N-]1.CC(C)C.[Re]. The Bertz CT molecular complexity index is 48.8. The van der Waals surface area contributed by atoms with E-state index in [1.54, 1.807) is 0 Å². The van der Waals surface area contributed by atoms with Crippen LogP contribution in [0.5, 0.6) is 0 Å². The van der Waals surface area contributed by atoms with E-state index >= 15 is 0 Å². The molecule has 0 amide bonds. The molecule has 3 heteroatoms. The fraction of sp³-hybridized carbons (Fsp3) is 1.00. The number of rotatable bonds is 0. The van der Waals surface area contributed by atoms with Crippen molar-refractivity contribution in [1.82, 2.24) is 5.32 Å². The third kappa shape index (κ3) is 18.0. The third-order valence-corrected chi connectivity index (χ3v) is 0.893. The van der Waals surface area contributed by atoms with Gasteiger partial charge in [-0.25, -0.2) is 0 Å². The molecule has 0 unspecified atom stereocenters. The molecule has 1 aliphatic rings. The summed E-state index contributed by atoms with van der Waals surface area (Å²) in [5.74, 6) is 0.833. The van der Waals surface area contributed by atoms with Crippen LogP contribution in [-0.4, -0.2) is 26.2 Å². The van der Waals surface area contributed by atoms with E-state index in [0.29, 0.717) is 0 Å². The zero-order chi connectivity index (χ0) is 7.82. The topological polar surface area (TPSA) is 26.1 Å². The van der Waals surface area contributed by atoms with Gasteiger partial charge in [0.15, 0.2) is 0 Å². The standard InChI is InChI=1S/C4H9N2.C4H10.Re/c1-2-6-4-3-5-1;1-4(2)3;/h5H,1-4H2;4H,1-3H3;/q-1;;. The van der Waals surface area contributed by atoms with Crippen molar-refractivity contribution in [2.45, 2.75) is 20.8 Å². The second-order valence-corrected chi connectivity index (χ2v) is 3.15. The van der Waals surface area contributed by atoms with E-state index in [4.69, 9.17) is 0 Å². The summed E-state index contributed by atoms with van der Waals surface area (Å²) in [5.41, 5.74) is 0. The zero-order valence-corrected chi connectivity index (χ0v) is 10.4. The minimum atomic E-state index is 0. The second-order valence-electron chi connectivity index (χ2n) is 3.15. The van der Waals surface area contributed by atoms with Gasteiger partial charge in [-0.3, -0.25) is 0 Å². The van der Waals surface area contributed by atoms with E-state index in [-0.39, 0.29) is 20.4 Å². The molecule has 1 rings (SSSR count). The number of piperazine rings is 1. The first-order chi connectivity index (χ1) is 4.73. The summed E-state index contributed by atoms with van der Waals surface area (Å²) < 4.78 is 0. The summed E-state index contributed by atoms with van der Waals surface area (Å²) in [7, 11) is 0. The van der Waals surface area contributed by atoms with Crippen LogP contribution in [0.4, 0.5) is 0 Å². The van der Waals surface area contributed by atoms with Crippen LogP contribution in [-0.2, 0) is 20.4 Å². The molecule has 1 fully saturated rings. The predicted molar refractivity (Wildman–Crippen MR) is 46.5 cm³/mol. The van der Waals surface area contributed by atoms with E-state index in [9.17, 15) is 0 Å². The molecule has 1 aliphatic heterocycles. The van der Waals surface area contributed by atoms with Crippen LogP contribution >= 0.6 is 0 Å². The number of hydrogen-bond acceptors (Lipinski definition) is 1. The molecule has 0 saturated carbocycles. The molecule has 1 saturated heterocycles. The van der Waals surface area contributed by atoms with Crippen LogP contribution in [0.1, 0.15) is 20.8 Å². The Hall–Kier alpha value is 0.582. The molecule has 0 spiro atoms. The molecule has 0 aromatic heterocycles. The Morgan fingerprint density at radius 2 is 1.45 bits per heavy atom. The minimum Gasteiger partial charge on any atom is -0.660 e. The van der Waals surface area contributed by atoms with Gasteiger partial charge in [-0.05, 0) is 19.0 Å². The van der Waals surface area contributed by atoms with Crippen molar-refractivity contribution < 1.29 is 20.4 Å².